The molecule has 0 saturated carbocycles. The molecule has 1 aliphatic heterocycles. The van der Waals surface area contributed by atoms with Crippen LogP contribution in [0.25, 0.3) is 0 Å². The summed E-state index contributed by atoms with van der Waals surface area (Å²) >= 11 is 0. The fourth-order valence-electron chi connectivity index (χ4n) is 0.931. The van der Waals surface area contributed by atoms with Crippen molar-refractivity contribution in [2.24, 2.45) is 0 Å². The highest BCUT2D eigenvalue weighted by Crippen LogP contribution is 2.08. The SMILES string of the molecule is CC1=CN(C)N(C)C1.COS(=O)(=O)O. The zero-order chi connectivity index (χ0) is 11.4. The van der Waals surface area contributed by atoms with Gasteiger partial charge in [-0.2, -0.15) is 8.42 Å². The number of hydrogen-bond acceptors (Lipinski definition) is 5. The number of nitrogens with zero attached hydrogens (tertiary/aromatic N) is 2. The fourth-order valence-corrected chi connectivity index (χ4v) is 0.931. The van der Waals surface area contributed by atoms with Gasteiger partial charge in [0.2, 0.25) is 0 Å². The van der Waals surface area contributed by atoms with Crippen LogP contribution in [-0.2, 0) is 14.6 Å². The Morgan fingerprint density at radius 1 is 1.50 bits per heavy atom. The summed E-state index contributed by atoms with van der Waals surface area (Å²) in [5.41, 5.74) is 1.43. The summed E-state index contributed by atoms with van der Waals surface area (Å²) in [6.07, 6.45) is 2.14. The lowest BCUT2D eigenvalue weighted by molar-refractivity contribution is 0.116. The molecule has 0 aromatic carbocycles. The van der Waals surface area contributed by atoms with E-state index in [0.717, 1.165) is 13.7 Å². The molecule has 0 bridgehead atoms. The van der Waals surface area contributed by atoms with Gasteiger partial charge in [0, 0.05) is 26.8 Å². The molecule has 0 aromatic rings. The molecule has 0 radical (unpaired) electrons. The molecule has 0 unspecified atom stereocenters. The number of hydrogen-bond donors (Lipinski definition) is 1. The molecule has 0 atom stereocenters. The summed E-state index contributed by atoms with van der Waals surface area (Å²) < 4.78 is 29.7. The molecule has 0 saturated heterocycles. The molecular formula is C7H16N2O4S. The smallest absolute Gasteiger partial charge is 0.316 e. The maximum Gasteiger partial charge on any atom is 0.397 e. The lowest BCUT2D eigenvalue weighted by Gasteiger charge is -2.18. The van der Waals surface area contributed by atoms with Gasteiger partial charge >= 0.3 is 10.4 Å². The number of hydrazine groups is 1. The van der Waals surface area contributed by atoms with Crippen molar-refractivity contribution < 1.29 is 17.2 Å². The molecule has 0 aliphatic carbocycles. The lowest BCUT2D eigenvalue weighted by Crippen LogP contribution is -2.27. The standard InChI is InChI=1S/C6H12N2.CH4O4S/c1-6-4-7(2)8(3)5-6;1-5-6(2,3)4/h4H,5H2,1-3H3;1H3,(H,2,3,4). The van der Waals surface area contributed by atoms with E-state index in [4.69, 9.17) is 4.55 Å². The second-order valence-electron chi connectivity index (χ2n) is 2.96. The normalized spacial score (nSPS) is 17.5. The highest BCUT2D eigenvalue weighted by Gasteiger charge is 2.09. The van der Waals surface area contributed by atoms with Gasteiger partial charge in [0.05, 0.1) is 7.11 Å². The fraction of sp³-hybridized carbons (Fsp3) is 0.714. The summed E-state index contributed by atoms with van der Waals surface area (Å²) in [6, 6.07) is 0. The summed E-state index contributed by atoms with van der Waals surface area (Å²) in [7, 11) is 0.837. The van der Waals surface area contributed by atoms with Crippen LogP contribution in [0.3, 0.4) is 0 Å². The van der Waals surface area contributed by atoms with Crippen LogP contribution in [0.5, 0.6) is 0 Å². The molecule has 0 fully saturated rings. The molecule has 14 heavy (non-hydrogen) atoms. The minimum Gasteiger partial charge on any atom is -0.316 e. The Labute approximate surface area is 84.7 Å². The van der Waals surface area contributed by atoms with Crippen LogP contribution < -0.4 is 0 Å². The van der Waals surface area contributed by atoms with E-state index in [1.54, 1.807) is 0 Å². The maximum atomic E-state index is 9.33. The minimum absolute atomic E-state index is 0.870. The van der Waals surface area contributed by atoms with Crippen molar-refractivity contribution in [3.05, 3.63) is 11.8 Å². The Hall–Kier alpha value is -0.630. The summed E-state index contributed by atoms with van der Waals surface area (Å²) in [5, 5.41) is 4.25. The van der Waals surface area contributed by atoms with Gasteiger partial charge in [-0.05, 0) is 12.5 Å². The van der Waals surface area contributed by atoms with Crippen LogP contribution in [0, 0.1) is 0 Å². The van der Waals surface area contributed by atoms with E-state index in [2.05, 4.69) is 41.4 Å². The monoisotopic (exact) mass is 224 g/mol. The summed E-state index contributed by atoms with van der Waals surface area (Å²) in [5.74, 6) is 0. The van der Waals surface area contributed by atoms with Gasteiger partial charge in [0.25, 0.3) is 0 Å². The second-order valence-corrected chi connectivity index (χ2v) is 4.15. The van der Waals surface area contributed by atoms with Crippen molar-refractivity contribution in [3.8, 4) is 0 Å². The highest BCUT2D eigenvalue weighted by molar-refractivity contribution is 7.80. The number of likely N-dealkylation sites (N-methyl/N-ethyl adjacent to an activating group) is 1. The molecule has 1 aliphatic rings. The average Bonchev–Trinajstić information content (AvgIpc) is 2.29. The summed E-state index contributed by atoms with van der Waals surface area (Å²) in [6.45, 7) is 3.22. The average molecular weight is 224 g/mol. The van der Waals surface area contributed by atoms with Gasteiger partial charge < -0.3 is 5.01 Å². The molecular weight excluding hydrogens is 208 g/mol. The zero-order valence-electron chi connectivity index (χ0n) is 8.76. The van der Waals surface area contributed by atoms with Crippen molar-refractivity contribution in [1.29, 1.82) is 0 Å². The second kappa shape index (κ2) is 5.30. The van der Waals surface area contributed by atoms with E-state index in [1.807, 2.05) is 0 Å². The Balaban J connectivity index is 0.000000255. The third-order valence-electron chi connectivity index (χ3n) is 1.63. The van der Waals surface area contributed by atoms with Gasteiger partial charge in [0.1, 0.15) is 0 Å². The summed E-state index contributed by atoms with van der Waals surface area (Å²) in [4.78, 5) is 0. The van der Waals surface area contributed by atoms with Gasteiger partial charge in [-0.15, -0.1) is 0 Å². The lowest BCUT2D eigenvalue weighted by atomic mass is 10.3. The molecule has 6 nitrogen and oxygen atoms in total. The van der Waals surface area contributed by atoms with E-state index in [1.165, 1.54) is 5.57 Å². The third-order valence-corrected chi connectivity index (χ3v) is 2.06. The molecule has 0 amide bonds. The van der Waals surface area contributed by atoms with Crippen LogP contribution >= 0.6 is 0 Å². The first-order valence-corrected chi connectivity index (χ1v) is 5.27. The topological polar surface area (TPSA) is 70.1 Å². The predicted molar refractivity (Wildman–Crippen MR) is 52.7 cm³/mol. The molecule has 1 heterocycles. The largest absolute Gasteiger partial charge is 0.397 e. The first-order valence-electron chi connectivity index (χ1n) is 3.90. The Bertz CT molecular complexity index is 299. The van der Waals surface area contributed by atoms with E-state index in [-0.39, 0.29) is 0 Å². The van der Waals surface area contributed by atoms with Crippen LogP contribution in [-0.4, -0.2) is 50.7 Å². The molecule has 7 heteroatoms. The Morgan fingerprint density at radius 2 is 1.93 bits per heavy atom. The molecule has 1 N–H and O–H groups in total. The molecule has 1 rings (SSSR count). The zero-order valence-corrected chi connectivity index (χ0v) is 9.58. The first kappa shape index (κ1) is 13.4. The van der Waals surface area contributed by atoms with Crippen molar-refractivity contribution >= 4 is 10.4 Å². The third kappa shape index (κ3) is 5.92. The van der Waals surface area contributed by atoms with Crippen molar-refractivity contribution in [2.45, 2.75) is 6.92 Å². The van der Waals surface area contributed by atoms with Crippen LogP contribution in [0.15, 0.2) is 11.8 Å². The predicted octanol–water partition coefficient (Wildman–Crippen LogP) is 0.118. The first-order chi connectivity index (χ1) is 6.26. The Morgan fingerprint density at radius 3 is 2.00 bits per heavy atom. The van der Waals surface area contributed by atoms with Gasteiger partial charge in [-0.1, -0.05) is 0 Å². The maximum absolute atomic E-state index is 9.33. The molecule has 0 spiro atoms. The van der Waals surface area contributed by atoms with E-state index < -0.39 is 10.4 Å². The highest BCUT2D eigenvalue weighted by atomic mass is 32.3. The Kier molecular flexibility index (Phi) is 5.06. The molecule has 84 valence electrons. The van der Waals surface area contributed by atoms with Crippen LogP contribution in [0.2, 0.25) is 0 Å². The van der Waals surface area contributed by atoms with Crippen LogP contribution in [0.1, 0.15) is 6.92 Å². The van der Waals surface area contributed by atoms with E-state index >= 15 is 0 Å². The minimum atomic E-state index is -4.16. The van der Waals surface area contributed by atoms with Crippen LogP contribution in [0.4, 0.5) is 0 Å². The van der Waals surface area contributed by atoms with Crippen molar-refractivity contribution in [1.82, 2.24) is 10.0 Å². The van der Waals surface area contributed by atoms with Gasteiger partial charge in [-0.3, -0.25) is 8.74 Å². The molecule has 0 aromatic heterocycles. The van der Waals surface area contributed by atoms with E-state index in [9.17, 15) is 8.42 Å². The quantitative estimate of drug-likeness (QED) is 0.638. The van der Waals surface area contributed by atoms with Gasteiger partial charge in [0.15, 0.2) is 0 Å². The number of rotatable bonds is 1. The van der Waals surface area contributed by atoms with Gasteiger partial charge in [-0.25, -0.2) is 5.01 Å². The van der Waals surface area contributed by atoms with Crippen molar-refractivity contribution in [3.63, 3.8) is 0 Å². The van der Waals surface area contributed by atoms with Crippen molar-refractivity contribution in [2.75, 3.05) is 27.7 Å². The van der Waals surface area contributed by atoms with E-state index in [0.29, 0.717) is 0 Å².